The lowest BCUT2D eigenvalue weighted by Gasteiger charge is -2.19. The molecule has 0 spiro atoms. The fraction of sp³-hybridized carbons (Fsp3) is 0.429. The van der Waals surface area contributed by atoms with E-state index in [0.717, 1.165) is 0 Å². The minimum atomic E-state index is -0.912. The molecule has 0 radical (unpaired) electrons. The maximum atomic E-state index is 11.7. The molecule has 1 heterocycles. The molecular formula is C14H16O4. The van der Waals surface area contributed by atoms with Gasteiger partial charge < -0.3 is 9.15 Å². The summed E-state index contributed by atoms with van der Waals surface area (Å²) in [5, 5.41) is 0. The van der Waals surface area contributed by atoms with Gasteiger partial charge in [-0.2, -0.15) is 0 Å². The van der Waals surface area contributed by atoms with Crippen molar-refractivity contribution in [2.45, 2.75) is 33.8 Å². The fourth-order valence-corrected chi connectivity index (χ4v) is 1.14. The van der Waals surface area contributed by atoms with E-state index in [1.54, 1.807) is 20.8 Å². The van der Waals surface area contributed by atoms with Crippen LogP contribution in [0.1, 0.15) is 50.1 Å². The number of hydrogen-bond donors (Lipinski definition) is 0. The molecule has 0 N–H and O–H groups in total. The van der Waals surface area contributed by atoms with Crippen LogP contribution in [0.2, 0.25) is 0 Å². The Kier molecular flexibility index (Phi) is 3.97. The van der Waals surface area contributed by atoms with Gasteiger partial charge >= 0.3 is 5.97 Å². The Hall–Kier alpha value is -2.02. The number of esters is 1. The van der Waals surface area contributed by atoms with Crippen LogP contribution in [0, 0.1) is 17.8 Å². The second kappa shape index (κ2) is 5.09. The van der Waals surface area contributed by atoms with Crippen LogP contribution in [0.5, 0.6) is 0 Å². The van der Waals surface area contributed by atoms with Gasteiger partial charge in [0.15, 0.2) is 17.3 Å². The summed E-state index contributed by atoms with van der Waals surface area (Å²) in [6, 6.07) is 3.05. The number of carbonyl (C=O) groups excluding carboxylic acids is 2. The van der Waals surface area contributed by atoms with Gasteiger partial charge in [0.25, 0.3) is 0 Å². The molecule has 1 rings (SSSR count). The first-order valence-corrected chi connectivity index (χ1v) is 5.53. The van der Waals surface area contributed by atoms with Gasteiger partial charge in [-0.1, -0.05) is 5.92 Å². The van der Waals surface area contributed by atoms with Gasteiger partial charge in [0.1, 0.15) is 0 Å². The van der Waals surface area contributed by atoms with Gasteiger partial charge in [-0.05, 0) is 32.9 Å². The number of furan rings is 1. The van der Waals surface area contributed by atoms with Crippen LogP contribution in [0.4, 0.5) is 0 Å². The van der Waals surface area contributed by atoms with Crippen molar-refractivity contribution in [1.29, 1.82) is 0 Å². The lowest BCUT2D eigenvalue weighted by atomic mass is 9.97. The SMILES string of the molecule is C#CC(OC(=O)C(C)(C)C)c1ccc(C(C)=O)o1. The topological polar surface area (TPSA) is 56.5 Å². The number of ketones is 1. The highest BCUT2D eigenvalue weighted by atomic mass is 16.6. The summed E-state index contributed by atoms with van der Waals surface area (Å²) in [6.45, 7) is 6.57. The number of carbonyl (C=O) groups is 2. The van der Waals surface area contributed by atoms with Crippen LogP contribution in [0.15, 0.2) is 16.5 Å². The zero-order valence-corrected chi connectivity index (χ0v) is 10.9. The maximum absolute atomic E-state index is 11.7. The average Bonchev–Trinajstić information content (AvgIpc) is 2.73. The van der Waals surface area contributed by atoms with Crippen molar-refractivity contribution in [3.8, 4) is 12.3 Å². The quantitative estimate of drug-likeness (QED) is 0.469. The first-order chi connectivity index (χ1) is 8.25. The highest BCUT2D eigenvalue weighted by Gasteiger charge is 2.27. The fourth-order valence-electron chi connectivity index (χ4n) is 1.14. The molecule has 0 aliphatic heterocycles. The van der Waals surface area contributed by atoms with E-state index in [1.165, 1.54) is 19.1 Å². The minimum absolute atomic E-state index is 0.192. The smallest absolute Gasteiger partial charge is 0.312 e. The van der Waals surface area contributed by atoms with E-state index in [1.807, 2.05) is 0 Å². The van der Waals surface area contributed by atoms with Crippen LogP contribution in [0.25, 0.3) is 0 Å². The van der Waals surface area contributed by atoms with Crippen molar-refractivity contribution in [2.24, 2.45) is 5.41 Å². The lowest BCUT2D eigenvalue weighted by Crippen LogP contribution is -2.24. The van der Waals surface area contributed by atoms with Crippen molar-refractivity contribution < 1.29 is 18.7 Å². The first kappa shape index (κ1) is 14.0. The van der Waals surface area contributed by atoms with Crippen molar-refractivity contribution >= 4 is 11.8 Å². The number of hydrogen-bond acceptors (Lipinski definition) is 4. The Morgan fingerprint density at radius 2 is 2.00 bits per heavy atom. The average molecular weight is 248 g/mol. The van der Waals surface area contributed by atoms with Crippen molar-refractivity contribution in [2.75, 3.05) is 0 Å². The molecule has 0 aliphatic rings. The molecule has 1 atom stereocenters. The number of Topliss-reactive ketones (excluding diaryl/α,β-unsaturated/α-hetero) is 1. The van der Waals surface area contributed by atoms with Gasteiger partial charge in [0.2, 0.25) is 6.10 Å². The molecule has 18 heavy (non-hydrogen) atoms. The molecule has 1 aromatic rings. The molecule has 0 amide bonds. The van der Waals surface area contributed by atoms with Crippen LogP contribution >= 0.6 is 0 Å². The second-order valence-electron chi connectivity index (χ2n) is 4.96. The highest BCUT2D eigenvalue weighted by molar-refractivity contribution is 5.91. The van der Waals surface area contributed by atoms with Crippen molar-refractivity contribution in [1.82, 2.24) is 0 Å². The summed E-state index contributed by atoms with van der Waals surface area (Å²) >= 11 is 0. The monoisotopic (exact) mass is 248 g/mol. The standard InChI is InChI=1S/C14H16O4/c1-6-10(18-13(16)14(3,4)5)12-8-7-11(17-12)9(2)15/h1,7-8,10H,2-5H3. The van der Waals surface area contributed by atoms with E-state index in [9.17, 15) is 9.59 Å². The zero-order chi connectivity index (χ0) is 13.9. The molecular weight excluding hydrogens is 232 g/mol. The van der Waals surface area contributed by atoms with E-state index >= 15 is 0 Å². The summed E-state index contributed by atoms with van der Waals surface area (Å²) in [6.07, 6.45) is 4.40. The molecule has 0 aliphatic carbocycles. The third kappa shape index (κ3) is 3.24. The Balaban J connectivity index is 2.88. The molecule has 0 fully saturated rings. The van der Waals surface area contributed by atoms with Crippen molar-refractivity contribution in [3.63, 3.8) is 0 Å². The summed E-state index contributed by atoms with van der Waals surface area (Å²) in [5.41, 5.74) is -0.648. The van der Waals surface area contributed by atoms with E-state index in [-0.39, 0.29) is 17.3 Å². The van der Waals surface area contributed by atoms with Gasteiger partial charge in [0.05, 0.1) is 5.41 Å². The van der Waals surface area contributed by atoms with Crippen LogP contribution in [-0.4, -0.2) is 11.8 Å². The predicted molar refractivity (Wildman–Crippen MR) is 65.8 cm³/mol. The van der Waals surface area contributed by atoms with Crippen LogP contribution < -0.4 is 0 Å². The molecule has 1 aromatic heterocycles. The van der Waals surface area contributed by atoms with E-state index in [4.69, 9.17) is 15.6 Å². The zero-order valence-electron chi connectivity index (χ0n) is 10.9. The largest absolute Gasteiger partial charge is 0.453 e. The van der Waals surface area contributed by atoms with E-state index in [0.29, 0.717) is 0 Å². The Bertz CT molecular complexity index is 497. The molecule has 4 nitrogen and oxygen atoms in total. The third-order valence-corrected chi connectivity index (χ3v) is 2.22. The normalized spacial score (nSPS) is 12.6. The molecule has 0 aromatic carbocycles. The lowest BCUT2D eigenvalue weighted by molar-refractivity contribution is -0.156. The number of ether oxygens (including phenoxy) is 1. The van der Waals surface area contributed by atoms with Gasteiger partial charge in [-0.15, -0.1) is 6.42 Å². The summed E-state index contributed by atoms with van der Waals surface area (Å²) < 4.78 is 10.4. The molecule has 96 valence electrons. The molecule has 4 heteroatoms. The van der Waals surface area contributed by atoms with Crippen molar-refractivity contribution in [3.05, 3.63) is 23.7 Å². The Morgan fingerprint density at radius 3 is 2.39 bits per heavy atom. The minimum Gasteiger partial charge on any atom is -0.453 e. The number of terminal acetylenes is 1. The molecule has 0 saturated heterocycles. The maximum Gasteiger partial charge on any atom is 0.312 e. The summed E-state index contributed by atoms with van der Waals surface area (Å²) in [4.78, 5) is 22.8. The van der Waals surface area contributed by atoms with Gasteiger partial charge in [0, 0.05) is 6.92 Å². The van der Waals surface area contributed by atoms with Gasteiger partial charge in [-0.25, -0.2) is 0 Å². The van der Waals surface area contributed by atoms with Crippen LogP contribution in [-0.2, 0) is 9.53 Å². The van der Waals surface area contributed by atoms with E-state index < -0.39 is 17.5 Å². The van der Waals surface area contributed by atoms with Crippen LogP contribution in [0.3, 0.4) is 0 Å². The summed E-state index contributed by atoms with van der Waals surface area (Å²) in [5.74, 6) is 2.16. The number of rotatable bonds is 3. The highest BCUT2D eigenvalue weighted by Crippen LogP contribution is 2.24. The Labute approximate surface area is 106 Å². The predicted octanol–water partition coefficient (Wildman–Crippen LogP) is 2.75. The molecule has 0 saturated carbocycles. The van der Waals surface area contributed by atoms with Gasteiger partial charge in [-0.3, -0.25) is 9.59 Å². The third-order valence-electron chi connectivity index (χ3n) is 2.22. The second-order valence-corrected chi connectivity index (χ2v) is 4.96. The first-order valence-electron chi connectivity index (χ1n) is 5.53. The summed E-state index contributed by atoms with van der Waals surface area (Å²) in [7, 11) is 0. The van der Waals surface area contributed by atoms with E-state index in [2.05, 4.69) is 5.92 Å². The Morgan fingerprint density at radius 1 is 1.39 bits per heavy atom. The molecule has 1 unspecified atom stereocenters. The molecule has 0 bridgehead atoms.